The number of rotatable bonds is 12. The zero-order valence-electron chi connectivity index (χ0n) is 26.1. The molecule has 0 radical (unpaired) electrons. The van der Waals surface area contributed by atoms with Crippen molar-refractivity contribution < 1.29 is 45.8 Å². The van der Waals surface area contributed by atoms with Gasteiger partial charge in [-0.05, 0) is 62.8 Å². The van der Waals surface area contributed by atoms with Crippen molar-refractivity contribution in [2.24, 2.45) is 17.6 Å². The van der Waals surface area contributed by atoms with Crippen molar-refractivity contribution in [1.82, 2.24) is 20.1 Å². The average molecular weight is 674 g/mol. The van der Waals surface area contributed by atoms with E-state index >= 15 is 4.39 Å². The number of amides is 3. The molecule has 0 spiro atoms. The van der Waals surface area contributed by atoms with Crippen molar-refractivity contribution in [2.75, 3.05) is 32.8 Å². The van der Waals surface area contributed by atoms with Crippen LogP contribution in [0.15, 0.2) is 40.8 Å². The number of hydrogen-bond donors (Lipinski definition) is 2. The number of benzene rings is 2. The van der Waals surface area contributed by atoms with Gasteiger partial charge in [0.25, 0.3) is 5.91 Å². The van der Waals surface area contributed by atoms with Gasteiger partial charge in [0, 0.05) is 49.3 Å². The first kappa shape index (κ1) is 33.2. The summed E-state index contributed by atoms with van der Waals surface area (Å²) >= 11 is 0. The molecule has 2 unspecified atom stereocenters. The summed E-state index contributed by atoms with van der Waals surface area (Å²) in [5.41, 5.74) is 5.80. The third-order valence-electron chi connectivity index (χ3n) is 8.49. The zero-order valence-corrected chi connectivity index (χ0v) is 26.1. The predicted molar refractivity (Wildman–Crippen MR) is 162 cm³/mol. The SMILES string of the molecule is CC(N)c1oc(-c2ccc(OC(F)F)c(OCC3CC3)c2)nc1C(=O)NC(C(=O)N1CCN(C(=O)C2CC2)CC1)c1ccc(F)cc1F. The number of ether oxygens (including phenoxy) is 2. The summed E-state index contributed by atoms with van der Waals surface area (Å²) in [4.78, 5) is 47.5. The number of aromatic nitrogens is 1. The number of alkyl halides is 2. The quantitative estimate of drug-likeness (QED) is 0.267. The second kappa shape index (κ2) is 13.8. The van der Waals surface area contributed by atoms with E-state index in [-0.39, 0.29) is 78.0 Å². The molecule has 1 saturated heterocycles. The Morgan fingerprint density at radius 2 is 1.71 bits per heavy atom. The van der Waals surface area contributed by atoms with Crippen molar-refractivity contribution in [3.05, 3.63) is 65.1 Å². The molecule has 2 saturated carbocycles. The number of halogens is 4. The van der Waals surface area contributed by atoms with Gasteiger partial charge in [-0.3, -0.25) is 14.4 Å². The average Bonchev–Trinajstić information content (AvgIpc) is 4.00. The first-order chi connectivity index (χ1) is 23.0. The summed E-state index contributed by atoms with van der Waals surface area (Å²) in [7, 11) is 0. The summed E-state index contributed by atoms with van der Waals surface area (Å²) in [6.45, 7) is -0.379. The lowest BCUT2D eigenvalue weighted by Crippen LogP contribution is -2.53. The van der Waals surface area contributed by atoms with Crippen molar-refractivity contribution in [1.29, 1.82) is 0 Å². The highest BCUT2D eigenvalue weighted by molar-refractivity contribution is 5.98. The molecule has 256 valence electrons. The molecule has 0 bridgehead atoms. The summed E-state index contributed by atoms with van der Waals surface area (Å²) in [5.74, 6) is -3.45. The van der Waals surface area contributed by atoms with Crippen molar-refractivity contribution in [2.45, 2.75) is 51.3 Å². The number of piperazine rings is 1. The van der Waals surface area contributed by atoms with E-state index in [1.807, 2.05) is 0 Å². The van der Waals surface area contributed by atoms with Gasteiger partial charge >= 0.3 is 6.61 Å². The molecule has 1 aliphatic heterocycles. The van der Waals surface area contributed by atoms with Gasteiger partial charge in [-0.25, -0.2) is 13.8 Å². The third kappa shape index (κ3) is 7.56. The van der Waals surface area contributed by atoms with E-state index in [0.29, 0.717) is 18.6 Å². The Morgan fingerprint density at radius 1 is 1.00 bits per heavy atom. The van der Waals surface area contributed by atoms with Crippen LogP contribution in [0.4, 0.5) is 17.6 Å². The highest BCUT2D eigenvalue weighted by atomic mass is 19.3. The van der Waals surface area contributed by atoms with Crippen LogP contribution in [-0.2, 0) is 9.59 Å². The molecule has 15 heteroatoms. The number of oxazole rings is 1. The Labute approximate surface area is 273 Å². The number of nitrogens with two attached hydrogens (primary N) is 1. The fraction of sp³-hybridized carbons (Fsp3) is 0.455. The van der Waals surface area contributed by atoms with Crippen LogP contribution in [0.1, 0.15) is 66.5 Å². The molecular weight excluding hydrogens is 638 g/mol. The van der Waals surface area contributed by atoms with E-state index in [0.717, 1.165) is 37.8 Å². The van der Waals surface area contributed by atoms with Crippen LogP contribution in [0.5, 0.6) is 11.5 Å². The van der Waals surface area contributed by atoms with E-state index in [2.05, 4.69) is 15.0 Å². The number of carbonyl (C=O) groups excluding carboxylic acids is 3. The second-order valence-corrected chi connectivity index (χ2v) is 12.3. The largest absolute Gasteiger partial charge is 0.489 e. The van der Waals surface area contributed by atoms with Gasteiger partial charge in [0.15, 0.2) is 23.0 Å². The van der Waals surface area contributed by atoms with Gasteiger partial charge in [-0.2, -0.15) is 8.78 Å². The van der Waals surface area contributed by atoms with E-state index in [1.165, 1.54) is 30.0 Å². The maximum Gasteiger partial charge on any atom is 0.387 e. The molecule has 3 fully saturated rings. The molecular formula is C33H35F4N5O6. The Hall–Kier alpha value is -4.66. The fourth-order valence-electron chi connectivity index (χ4n) is 5.49. The minimum atomic E-state index is -3.09. The molecule has 3 aliphatic rings. The minimum absolute atomic E-state index is 0.0184. The van der Waals surface area contributed by atoms with Crippen LogP contribution in [-0.4, -0.2) is 71.9 Å². The first-order valence-corrected chi connectivity index (χ1v) is 15.8. The highest BCUT2D eigenvalue weighted by Crippen LogP contribution is 2.37. The molecule has 2 aromatic carbocycles. The number of nitrogens with one attached hydrogen (secondary N) is 1. The lowest BCUT2D eigenvalue weighted by atomic mass is 10.0. The Morgan fingerprint density at radius 3 is 2.33 bits per heavy atom. The van der Waals surface area contributed by atoms with Gasteiger partial charge in [0.05, 0.1) is 12.6 Å². The standard InChI is InChI=1S/C33H35F4N5O6/c1-17(38)28-27(40-30(48-28)20-6-9-24(47-33(36)37)25(14-20)46-16-18-2-3-18)29(43)39-26(22-8-7-21(34)15-23(22)35)32(45)42-12-10-41(11-13-42)31(44)19-4-5-19/h6-9,14-15,17-19,26,33H,2-5,10-13,16,38H2,1H3,(H,39,43). The van der Waals surface area contributed by atoms with Crippen molar-refractivity contribution in [3.63, 3.8) is 0 Å². The van der Waals surface area contributed by atoms with Crippen LogP contribution in [0.25, 0.3) is 11.5 Å². The Kier molecular flexibility index (Phi) is 9.58. The Bertz CT molecular complexity index is 1680. The first-order valence-electron chi connectivity index (χ1n) is 15.8. The van der Waals surface area contributed by atoms with Crippen LogP contribution < -0.4 is 20.5 Å². The van der Waals surface area contributed by atoms with E-state index in [4.69, 9.17) is 14.9 Å². The van der Waals surface area contributed by atoms with Gasteiger partial charge in [-0.1, -0.05) is 6.07 Å². The van der Waals surface area contributed by atoms with Crippen molar-refractivity contribution in [3.8, 4) is 23.0 Å². The van der Waals surface area contributed by atoms with E-state index in [1.54, 1.807) is 4.90 Å². The highest BCUT2D eigenvalue weighted by Gasteiger charge is 2.38. The molecule has 2 heterocycles. The van der Waals surface area contributed by atoms with Crippen molar-refractivity contribution >= 4 is 17.7 Å². The summed E-state index contributed by atoms with van der Waals surface area (Å²) in [5, 5.41) is 2.53. The summed E-state index contributed by atoms with van der Waals surface area (Å²) in [6.07, 6.45) is 3.61. The third-order valence-corrected chi connectivity index (χ3v) is 8.49. The van der Waals surface area contributed by atoms with E-state index < -0.39 is 42.1 Å². The lowest BCUT2D eigenvalue weighted by molar-refractivity contribution is -0.141. The molecule has 3 amide bonds. The van der Waals surface area contributed by atoms with Crippen LogP contribution in [0.2, 0.25) is 0 Å². The maximum absolute atomic E-state index is 15.1. The second-order valence-electron chi connectivity index (χ2n) is 12.3. The van der Waals surface area contributed by atoms with Crippen LogP contribution in [0, 0.1) is 23.5 Å². The number of carbonyl (C=O) groups is 3. The molecule has 3 aromatic rings. The lowest BCUT2D eigenvalue weighted by Gasteiger charge is -2.36. The number of nitrogens with zero attached hydrogens (tertiary/aromatic N) is 3. The molecule has 3 N–H and O–H groups in total. The minimum Gasteiger partial charge on any atom is -0.489 e. The number of hydrogen-bond acceptors (Lipinski definition) is 8. The van der Waals surface area contributed by atoms with Gasteiger partial charge in [0.2, 0.25) is 17.7 Å². The normalized spacial score (nSPS) is 17.6. The fourth-order valence-corrected chi connectivity index (χ4v) is 5.49. The van der Waals surface area contributed by atoms with E-state index in [9.17, 15) is 27.6 Å². The summed E-state index contributed by atoms with van der Waals surface area (Å²) < 4.78 is 71.2. The molecule has 2 aliphatic carbocycles. The zero-order chi connectivity index (χ0) is 34.1. The molecule has 2 atom stereocenters. The van der Waals surface area contributed by atoms with Gasteiger partial charge < -0.3 is 34.7 Å². The predicted octanol–water partition coefficient (Wildman–Crippen LogP) is 4.58. The van der Waals surface area contributed by atoms with Crippen LogP contribution >= 0.6 is 0 Å². The molecule has 1 aromatic heterocycles. The molecule has 48 heavy (non-hydrogen) atoms. The van der Waals surface area contributed by atoms with Crippen LogP contribution in [0.3, 0.4) is 0 Å². The molecule has 11 nitrogen and oxygen atoms in total. The molecule has 6 rings (SSSR count). The topological polar surface area (TPSA) is 140 Å². The van der Waals surface area contributed by atoms with Gasteiger partial charge in [-0.15, -0.1) is 0 Å². The van der Waals surface area contributed by atoms with Gasteiger partial charge in [0.1, 0.15) is 17.7 Å². The Balaban J connectivity index is 1.26. The summed E-state index contributed by atoms with van der Waals surface area (Å²) in [6, 6.07) is 4.27. The smallest absolute Gasteiger partial charge is 0.387 e. The maximum atomic E-state index is 15.1. The monoisotopic (exact) mass is 673 g/mol.